The molecule has 3 heterocycles. The summed E-state index contributed by atoms with van der Waals surface area (Å²) in [7, 11) is 0. The molecule has 0 radical (unpaired) electrons. The van der Waals surface area contributed by atoms with E-state index in [4.69, 9.17) is 0 Å². The van der Waals surface area contributed by atoms with Crippen LogP contribution < -0.4 is 10.6 Å². The van der Waals surface area contributed by atoms with E-state index >= 15 is 0 Å². The molecule has 7 nitrogen and oxygen atoms in total. The highest BCUT2D eigenvalue weighted by Gasteiger charge is 2.14. The second kappa shape index (κ2) is 6.93. The van der Waals surface area contributed by atoms with Gasteiger partial charge in [0.25, 0.3) is 0 Å². The summed E-state index contributed by atoms with van der Waals surface area (Å²) in [4.78, 5) is 20.7. The number of nitrogens with one attached hydrogen (secondary N) is 2. The standard InChI is InChI=1S/C18H16N6OS/c1-2-20-17(25)23-18-22-16-14(12-5-3-6-19-11-12)9-13(10-15(16)26-18)24-8-4-7-21-24/h3-11H,2H2,1H3,(H2,20,22,23,25). The van der Waals surface area contributed by atoms with Crippen molar-refractivity contribution < 1.29 is 4.79 Å². The molecule has 0 saturated heterocycles. The van der Waals surface area contributed by atoms with Crippen LogP contribution in [-0.4, -0.2) is 32.3 Å². The zero-order valence-electron chi connectivity index (χ0n) is 14.0. The highest BCUT2D eigenvalue weighted by Crippen LogP contribution is 2.35. The fraction of sp³-hybridized carbons (Fsp3) is 0.111. The monoisotopic (exact) mass is 364 g/mol. The predicted molar refractivity (Wildman–Crippen MR) is 103 cm³/mol. The van der Waals surface area contributed by atoms with Crippen molar-refractivity contribution in [1.82, 2.24) is 25.1 Å². The normalized spacial score (nSPS) is 10.8. The van der Waals surface area contributed by atoms with Crippen LogP contribution in [0.5, 0.6) is 0 Å². The second-order valence-corrected chi connectivity index (χ2v) is 6.57. The van der Waals surface area contributed by atoms with Gasteiger partial charge in [-0.2, -0.15) is 5.10 Å². The summed E-state index contributed by atoms with van der Waals surface area (Å²) >= 11 is 1.43. The van der Waals surface area contributed by atoms with E-state index in [2.05, 4.69) is 25.7 Å². The number of amides is 2. The van der Waals surface area contributed by atoms with Gasteiger partial charge in [-0.05, 0) is 31.2 Å². The van der Waals surface area contributed by atoms with Gasteiger partial charge in [-0.15, -0.1) is 0 Å². The van der Waals surface area contributed by atoms with Crippen molar-refractivity contribution in [3.05, 3.63) is 55.1 Å². The average molecular weight is 364 g/mol. The molecule has 2 N–H and O–H groups in total. The zero-order valence-corrected chi connectivity index (χ0v) is 14.8. The fourth-order valence-electron chi connectivity index (χ4n) is 2.67. The molecule has 0 atom stereocenters. The topological polar surface area (TPSA) is 84.7 Å². The first kappa shape index (κ1) is 16.2. The molecule has 0 bridgehead atoms. The summed E-state index contributed by atoms with van der Waals surface area (Å²) in [5.74, 6) is 0. The van der Waals surface area contributed by atoms with Gasteiger partial charge < -0.3 is 5.32 Å². The van der Waals surface area contributed by atoms with Crippen molar-refractivity contribution in [2.24, 2.45) is 0 Å². The van der Waals surface area contributed by atoms with Gasteiger partial charge in [0.1, 0.15) is 0 Å². The molecule has 0 aliphatic rings. The molecular weight excluding hydrogens is 348 g/mol. The number of benzene rings is 1. The van der Waals surface area contributed by atoms with Crippen LogP contribution in [0.2, 0.25) is 0 Å². The van der Waals surface area contributed by atoms with E-state index in [0.29, 0.717) is 11.7 Å². The molecule has 0 spiro atoms. The number of pyridine rings is 1. The molecule has 26 heavy (non-hydrogen) atoms. The lowest BCUT2D eigenvalue weighted by Crippen LogP contribution is -2.28. The number of rotatable bonds is 4. The Bertz CT molecular complexity index is 1040. The third-order valence-corrected chi connectivity index (χ3v) is 4.70. The molecule has 0 aliphatic carbocycles. The Hall–Kier alpha value is -3.26. The first-order valence-corrected chi connectivity index (χ1v) is 8.96. The molecule has 8 heteroatoms. The van der Waals surface area contributed by atoms with Crippen molar-refractivity contribution in [2.75, 3.05) is 11.9 Å². The maximum atomic E-state index is 11.8. The maximum Gasteiger partial charge on any atom is 0.321 e. The Kier molecular flexibility index (Phi) is 4.32. The van der Waals surface area contributed by atoms with Crippen LogP contribution in [0.4, 0.5) is 9.93 Å². The molecule has 0 unspecified atom stereocenters. The van der Waals surface area contributed by atoms with E-state index in [9.17, 15) is 4.79 Å². The molecule has 1 aromatic carbocycles. The van der Waals surface area contributed by atoms with Crippen LogP contribution in [0.1, 0.15) is 6.92 Å². The molecule has 0 aliphatic heterocycles. The lowest BCUT2D eigenvalue weighted by Gasteiger charge is -2.07. The third kappa shape index (κ3) is 3.14. The fourth-order valence-corrected chi connectivity index (χ4v) is 3.59. The number of carbonyl (C=O) groups excluding carboxylic acids is 1. The number of nitrogens with zero attached hydrogens (tertiary/aromatic N) is 4. The number of hydrogen-bond donors (Lipinski definition) is 2. The van der Waals surface area contributed by atoms with Crippen LogP contribution in [0.3, 0.4) is 0 Å². The Balaban J connectivity index is 1.86. The first-order chi connectivity index (χ1) is 12.7. The van der Waals surface area contributed by atoms with Crippen molar-refractivity contribution in [2.45, 2.75) is 6.92 Å². The highest BCUT2D eigenvalue weighted by molar-refractivity contribution is 7.22. The minimum absolute atomic E-state index is 0.262. The molecule has 0 saturated carbocycles. The van der Waals surface area contributed by atoms with Gasteiger partial charge in [-0.3, -0.25) is 10.3 Å². The molecule has 130 valence electrons. The number of fused-ring (bicyclic) bond motifs is 1. The molecule has 4 rings (SSSR count). The van der Waals surface area contributed by atoms with Gasteiger partial charge in [0.15, 0.2) is 5.13 Å². The summed E-state index contributed by atoms with van der Waals surface area (Å²) in [6, 6.07) is 9.54. The van der Waals surface area contributed by atoms with E-state index in [1.807, 2.05) is 43.5 Å². The van der Waals surface area contributed by atoms with E-state index in [-0.39, 0.29) is 6.03 Å². The second-order valence-electron chi connectivity index (χ2n) is 5.54. The number of anilines is 1. The SMILES string of the molecule is CCNC(=O)Nc1nc2c(-c3cccnc3)cc(-n3cccn3)cc2s1. The van der Waals surface area contributed by atoms with E-state index in [1.54, 1.807) is 23.3 Å². The van der Waals surface area contributed by atoms with Crippen LogP contribution in [0.25, 0.3) is 27.0 Å². The van der Waals surface area contributed by atoms with Gasteiger partial charge in [-0.25, -0.2) is 14.5 Å². The Morgan fingerprint density at radius 3 is 2.92 bits per heavy atom. The Morgan fingerprint density at radius 2 is 2.19 bits per heavy atom. The van der Waals surface area contributed by atoms with Gasteiger partial charge >= 0.3 is 6.03 Å². The quantitative estimate of drug-likeness (QED) is 0.578. The van der Waals surface area contributed by atoms with Gasteiger partial charge in [0.05, 0.1) is 15.9 Å². The lowest BCUT2D eigenvalue weighted by atomic mass is 10.1. The number of thiazole rings is 1. The van der Waals surface area contributed by atoms with Gasteiger partial charge in [0.2, 0.25) is 0 Å². The van der Waals surface area contributed by atoms with Crippen LogP contribution in [0, 0.1) is 0 Å². The van der Waals surface area contributed by atoms with Crippen LogP contribution in [-0.2, 0) is 0 Å². The van der Waals surface area contributed by atoms with E-state index in [0.717, 1.165) is 27.0 Å². The number of urea groups is 1. The van der Waals surface area contributed by atoms with E-state index < -0.39 is 0 Å². The molecule has 2 amide bonds. The summed E-state index contributed by atoms with van der Waals surface area (Å²) in [5, 5.41) is 10.4. The number of carbonyl (C=O) groups is 1. The highest BCUT2D eigenvalue weighted by atomic mass is 32.1. The zero-order chi connectivity index (χ0) is 17.9. The molecule has 0 fully saturated rings. The van der Waals surface area contributed by atoms with Gasteiger partial charge in [0, 0.05) is 42.5 Å². The predicted octanol–water partition coefficient (Wildman–Crippen LogP) is 3.69. The van der Waals surface area contributed by atoms with E-state index in [1.165, 1.54) is 11.3 Å². The summed E-state index contributed by atoms with van der Waals surface area (Å²) < 4.78 is 2.76. The van der Waals surface area contributed by atoms with Crippen molar-refractivity contribution in [3.8, 4) is 16.8 Å². The first-order valence-electron chi connectivity index (χ1n) is 8.14. The lowest BCUT2D eigenvalue weighted by molar-refractivity contribution is 0.252. The smallest absolute Gasteiger partial charge is 0.321 e. The minimum atomic E-state index is -0.262. The average Bonchev–Trinajstić information content (AvgIpc) is 3.31. The molecule has 4 aromatic rings. The Labute approximate surface area is 153 Å². The molecule has 3 aromatic heterocycles. The van der Waals surface area contributed by atoms with Crippen molar-refractivity contribution >= 4 is 32.7 Å². The number of hydrogen-bond acceptors (Lipinski definition) is 5. The third-order valence-electron chi connectivity index (χ3n) is 3.78. The summed E-state index contributed by atoms with van der Waals surface area (Å²) in [6.07, 6.45) is 7.17. The largest absolute Gasteiger partial charge is 0.338 e. The maximum absolute atomic E-state index is 11.8. The van der Waals surface area contributed by atoms with Gasteiger partial charge in [-0.1, -0.05) is 17.4 Å². The van der Waals surface area contributed by atoms with Crippen molar-refractivity contribution in [3.63, 3.8) is 0 Å². The Morgan fingerprint density at radius 1 is 1.27 bits per heavy atom. The summed E-state index contributed by atoms with van der Waals surface area (Å²) in [5.41, 5.74) is 3.66. The molecular formula is C18H16N6OS. The summed E-state index contributed by atoms with van der Waals surface area (Å²) in [6.45, 7) is 2.43. The van der Waals surface area contributed by atoms with Crippen LogP contribution in [0.15, 0.2) is 55.1 Å². The minimum Gasteiger partial charge on any atom is -0.338 e. The van der Waals surface area contributed by atoms with Crippen LogP contribution >= 0.6 is 11.3 Å². The van der Waals surface area contributed by atoms with Crippen molar-refractivity contribution in [1.29, 1.82) is 0 Å². The number of aromatic nitrogens is 4.